The average Bonchev–Trinajstić information content (AvgIpc) is 2.63. The van der Waals surface area contributed by atoms with E-state index < -0.39 is 0 Å². The summed E-state index contributed by atoms with van der Waals surface area (Å²) in [7, 11) is 0. The van der Waals surface area contributed by atoms with Crippen LogP contribution in [0.1, 0.15) is 24.7 Å². The van der Waals surface area contributed by atoms with Crippen LogP contribution >= 0.6 is 0 Å². The standard InChI is InChI=1S/C11H14N4O/c1-7-5-9(6-12)14-11(13-7)15-10-3-4-16-8(10)2/h5,8,10H,3-4H2,1-2H3,(H,13,14,15). The lowest BCUT2D eigenvalue weighted by Crippen LogP contribution is -2.27. The largest absolute Gasteiger partial charge is 0.376 e. The molecule has 0 aliphatic carbocycles. The molecule has 0 saturated carbocycles. The van der Waals surface area contributed by atoms with E-state index in [1.807, 2.05) is 19.9 Å². The van der Waals surface area contributed by atoms with Gasteiger partial charge in [-0.15, -0.1) is 0 Å². The summed E-state index contributed by atoms with van der Waals surface area (Å²) in [5, 5.41) is 12.0. The molecule has 5 heteroatoms. The van der Waals surface area contributed by atoms with Crippen molar-refractivity contribution in [2.75, 3.05) is 11.9 Å². The lowest BCUT2D eigenvalue weighted by atomic mass is 10.2. The number of ether oxygens (including phenoxy) is 1. The van der Waals surface area contributed by atoms with E-state index >= 15 is 0 Å². The fourth-order valence-electron chi connectivity index (χ4n) is 1.78. The highest BCUT2D eigenvalue weighted by atomic mass is 16.5. The number of rotatable bonds is 2. The van der Waals surface area contributed by atoms with Gasteiger partial charge in [0.2, 0.25) is 5.95 Å². The molecule has 84 valence electrons. The van der Waals surface area contributed by atoms with E-state index in [9.17, 15) is 0 Å². The Kier molecular flexibility index (Phi) is 3.02. The minimum absolute atomic E-state index is 0.162. The second kappa shape index (κ2) is 4.45. The maximum atomic E-state index is 8.81. The zero-order valence-corrected chi connectivity index (χ0v) is 9.40. The zero-order chi connectivity index (χ0) is 11.5. The number of hydrogen-bond donors (Lipinski definition) is 1. The molecule has 1 aromatic heterocycles. The van der Waals surface area contributed by atoms with Crippen molar-refractivity contribution < 1.29 is 4.74 Å². The molecule has 0 spiro atoms. The van der Waals surface area contributed by atoms with Gasteiger partial charge >= 0.3 is 0 Å². The van der Waals surface area contributed by atoms with E-state index in [0.29, 0.717) is 11.6 Å². The molecular weight excluding hydrogens is 204 g/mol. The molecule has 16 heavy (non-hydrogen) atoms. The van der Waals surface area contributed by atoms with E-state index in [4.69, 9.17) is 10.00 Å². The smallest absolute Gasteiger partial charge is 0.224 e. The van der Waals surface area contributed by atoms with Gasteiger partial charge in [0.15, 0.2) is 0 Å². The molecule has 1 N–H and O–H groups in total. The molecule has 0 radical (unpaired) electrons. The SMILES string of the molecule is Cc1cc(C#N)nc(NC2CCOC2C)n1. The molecule has 0 aromatic carbocycles. The Labute approximate surface area is 94.5 Å². The van der Waals surface area contributed by atoms with Crippen LogP contribution in [0.2, 0.25) is 0 Å². The molecule has 1 aromatic rings. The monoisotopic (exact) mass is 218 g/mol. The van der Waals surface area contributed by atoms with Gasteiger partial charge in [0, 0.05) is 12.3 Å². The quantitative estimate of drug-likeness (QED) is 0.808. The van der Waals surface area contributed by atoms with Crippen LogP contribution in [-0.4, -0.2) is 28.7 Å². The maximum absolute atomic E-state index is 8.81. The van der Waals surface area contributed by atoms with E-state index in [1.54, 1.807) is 6.07 Å². The summed E-state index contributed by atoms with van der Waals surface area (Å²) in [5.41, 5.74) is 1.18. The Hall–Kier alpha value is -1.67. The third-order valence-electron chi connectivity index (χ3n) is 2.66. The highest BCUT2D eigenvalue weighted by Gasteiger charge is 2.24. The fourth-order valence-corrected chi connectivity index (χ4v) is 1.78. The Morgan fingerprint density at radius 3 is 3.00 bits per heavy atom. The molecule has 2 unspecified atom stereocenters. The van der Waals surface area contributed by atoms with Crippen molar-refractivity contribution in [3.05, 3.63) is 17.5 Å². The van der Waals surface area contributed by atoms with E-state index in [-0.39, 0.29) is 12.1 Å². The Morgan fingerprint density at radius 1 is 1.56 bits per heavy atom. The van der Waals surface area contributed by atoms with Crippen LogP contribution in [-0.2, 0) is 4.74 Å². The number of nitrogens with one attached hydrogen (secondary N) is 1. The van der Waals surface area contributed by atoms with Gasteiger partial charge in [-0.25, -0.2) is 9.97 Å². The molecule has 0 bridgehead atoms. The summed E-state index contributed by atoms with van der Waals surface area (Å²) in [6, 6.07) is 3.92. The molecule has 5 nitrogen and oxygen atoms in total. The Morgan fingerprint density at radius 2 is 2.38 bits per heavy atom. The van der Waals surface area contributed by atoms with Gasteiger partial charge in [0.25, 0.3) is 0 Å². The van der Waals surface area contributed by atoms with Crippen LogP contribution in [0.4, 0.5) is 5.95 Å². The summed E-state index contributed by atoms with van der Waals surface area (Å²) in [4.78, 5) is 8.36. The van der Waals surface area contributed by atoms with Crippen LogP contribution in [0.3, 0.4) is 0 Å². The van der Waals surface area contributed by atoms with Crippen molar-refractivity contribution in [1.82, 2.24) is 9.97 Å². The molecule has 1 aliphatic heterocycles. The normalized spacial score (nSPS) is 24.1. The van der Waals surface area contributed by atoms with Crippen molar-refractivity contribution in [2.24, 2.45) is 0 Å². The Balaban J connectivity index is 2.15. The van der Waals surface area contributed by atoms with Crippen molar-refractivity contribution in [3.63, 3.8) is 0 Å². The first-order chi connectivity index (χ1) is 7.69. The second-order valence-electron chi connectivity index (χ2n) is 3.95. The highest BCUT2D eigenvalue weighted by molar-refractivity contribution is 5.34. The third-order valence-corrected chi connectivity index (χ3v) is 2.66. The molecule has 2 atom stereocenters. The van der Waals surface area contributed by atoms with Gasteiger partial charge in [0.1, 0.15) is 11.8 Å². The fraction of sp³-hybridized carbons (Fsp3) is 0.545. The predicted molar refractivity (Wildman–Crippen MR) is 58.9 cm³/mol. The van der Waals surface area contributed by atoms with Crippen molar-refractivity contribution in [1.29, 1.82) is 5.26 Å². The van der Waals surface area contributed by atoms with E-state index in [2.05, 4.69) is 15.3 Å². The number of nitriles is 1. The van der Waals surface area contributed by atoms with Crippen LogP contribution in [0.5, 0.6) is 0 Å². The van der Waals surface area contributed by atoms with Gasteiger partial charge in [-0.1, -0.05) is 0 Å². The second-order valence-corrected chi connectivity index (χ2v) is 3.95. The molecular formula is C11H14N4O. The van der Waals surface area contributed by atoms with Crippen LogP contribution in [0, 0.1) is 18.3 Å². The molecule has 1 fully saturated rings. The summed E-state index contributed by atoms with van der Waals surface area (Å²) in [5.74, 6) is 0.513. The number of nitrogens with zero attached hydrogens (tertiary/aromatic N) is 3. The van der Waals surface area contributed by atoms with Gasteiger partial charge in [-0.2, -0.15) is 5.26 Å². The molecule has 0 amide bonds. The van der Waals surface area contributed by atoms with Crippen LogP contribution in [0.15, 0.2) is 6.07 Å². The van der Waals surface area contributed by atoms with Crippen LogP contribution in [0.25, 0.3) is 0 Å². The van der Waals surface area contributed by atoms with Crippen molar-refractivity contribution in [2.45, 2.75) is 32.4 Å². The predicted octanol–water partition coefficient (Wildman–Crippen LogP) is 1.25. The maximum Gasteiger partial charge on any atom is 0.224 e. The molecule has 2 heterocycles. The first kappa shape index (κ1) is 10.8. The first-order valence-corrected chi connectivity index (χ1v) is 5.33. The zero-order valence-electron chi connectivity index (χ0n) is 9.40. The minimum Gasteiger partial charge on any atom is -0.376 e. The van der Waals surface area contributed by atoms with Gasteiger partial charge in [-0.3, -0.25) is 0 Å². The van der Waals surface area contributed by atoms with Gasteiger partial charge in [0.05, 0.1) is 12.1 Å². The summed E-state index contributed by atoms with van der Waals surface area (Å²) >= 11 is 0. The number of hydrogen-bond acceptors (Lipinski definition) is 5. The highest BCUT2D eigenvalue weighted by Crippen LogP contribution is 2.16. The van der Waals surface area contributed by atoms with E-state index in [0.717, 1.165) is 18.7 Å². The van der Waals surface area contributed by atoms with Gasteiger partial charge < -0.3 is 10.1 Å². The average molecular weight is 218 g/mol. The van der Waals surface area contributed by atoms with Crippen LogP contribution < -0.4 is 5.32 Å². The lowest BCUT2D eigenvalue weighted by Gasteiger charge is -2.15. The summed E-state index contributed by atoms with van der Waals surface area (Å²) < 4.78 is 5.44. The number of aryl methyl sites for hydroxylation is 1. The summed E-state index contributed by atoms with van der Waals surface area (Å²) in [6.07, 6.45) is 1.11. The van der Waals surface area contributed by atoms with Crippen molar-refractivity contribution >= 4 is 5.95 Å². The summed E-state index contributed by atoms with van der Waals surface area (Å²) in [6.45, 7) is 4.63. The molecule has 1 aliphatic rings. The topological polar surface area (TPSA) is 70.8 Å². The minimum atomic E-state index is 0.162. The Bertz CT molecular complexity index is 426. The molecule has 1 saturated heterocycles. The third kappa shape index (κ3) is 2.28. The first-order valence-electron chi connectivity index (χ1n) is 5.33. The number of aromatic nitrogens is 2. The lowest BCUT2D eigenvalue weighted by molar-refractivity contribution is 0.121. The van der Waals surface area contributed by atoms with Crippen molar-refractivity contribution in [3.8, 4) is 6.07 Å². The molecule has 2 rings (SSSR count). The number of anilines is 1. The van der Waals surface area contributed by atoms with E-state index in [1.165, 1.54) is 0 Å². The van der Waals surface area contributed by atoms with Gasteiger partial charge in [-0.05, 0) is 26.3 Å².